The van der Waals surface area contributed by atoms with Crippen LogP contribution in [0.4, 0.5) is 16.2 Å². The van der Waals surface area contributed by atoms with Crippen molar-refractivity contribution in [2.45, 2.75) is 31.3 Å². The smallest absolute Gasteiger partial charge is 0.412 e. The average Bonchev–Trinajstić information content (AvgIpc) is 3.37. The highest BCUT2D eigenvalue weighted by molar-refractivity contribution is 7.80. The third-order valence-corrected chi connectivity index (χ3v) is 5.59. The lowest BCUT2D eigenvalue weighted by molar-refractivity contribution is 0.00880. The zero-order chi connectivity index (χ0) is 23.4. The molecule has 9 nitrogen and oxygen atoms in total. The van der Waals surface area contributed by atoms with Gasteiger partial charge in [0.05, 0.1) is 30.9 Å². The van der Waals surface area contributed by atoms with Crippen molar-refractivity contribution in [3.05, 3.63) is 59.7 Å². The molecule has 0 spiro atoms. The summed E-state index contributed by atoms with van der Waals surface area (Å²) in [6.45, 7) is 2.02. The molecule has 0 radical (unpaired) electrons. The van der Waals surface area contributed by atoms with Crippen LogP contribution in [0.5, 0.6) is 0 Å². The first-order valence-corrected chi connectivity index (χ1v) is 10.7. The topological polar surface area (TPSA) is 122 Å². The Bertz CT molecular complexity index is 1100. The Morgan fingerprint density at radius 1 is 1.06 bits per heavy atom. The lowest BCUT2D eigenvalue weighted by Gasteiger charge is -2.20. The van der Waals surface area contributed by atoms with E-state index in [1.807, 2.05) is 6.07 Å². The Balaban J connectivity index is 1.27. The largest absolute Gasteiger partial charge is 0.441 e. The molecule has 170 valence electrons. The predicted molar refractivity (Wildman–Crippen MR) is 124 cm³/mol. The quantitative estimate of drug-likeness (QED) is 0.451. The van der Waals surface area contributed by atoms with Gasteiger partial charge in [0.15, 0.2) is 17.0 Å². The van der Waals surface area contributed by atoms with Crippen molar-refractivity contribution in [2.24, 2.45) is 0 Å². The number of nitrogens with one attached hydrogen (secondary N) is 3. The molecule has 0 bridgehead atoms. The number of fused-ring (bicyclic) bond motifs is 1. The molecule has 33 heavy (non-hydrogen) atoms. The van der Waals surface area contributed by atoms with E-state index in [0.29, 0.717) is 34.2 Å². The average molecular weight is 467 g/mol. The molecule has 1 amide bonds. The van der Waals surface area contributed by atoms with Gasteiger partial charge in [-0.1, -0.05) is 6.07 Å². The van der Waals surface area contributed by atoms with Gasteiger partial charge in [-0.25, -0.2) is 4.79 Å². The highest BCUT2D eigenvalue weighted by Gasteiger charge is 2.49. The van der Waals surface area contributed by atoms with Gasteiger partial charge < -0.3 is 24.8 Å². The number of amides is 1. The molecule has 2 saturated heterocycles. The van der Waals surface area contributed by atoms with Crippen LogP contribution in [0.25, 0.3) is 0 Å². The van der Waals surface area contributed by atoms with E-state index in [1.54, 1.807) is 42.5 Å². The van der Waals surface area contributed by atoms with Gasteiger partial charge in [0, 0.05) is 16.9 Å². The van der Waals surface area contributed by atoms with Gasteiger partial charge in [-0.05, 0) is 61.6 Å². The third kappa shape index (κ3) is 5.46. The number of carbonyl (C=O) groups is 2. The van der Waals surface area contributed by atoms with E-state index in [0.717, 1.165) is 0 Å². The molecule has 2 aliphatic rings. The van der Waals surface area contributed by atoms with Crippen LogP contribution < -0.4 is 16.0 Å². The van der Waals surface area contributed by atoms with Gasteiger partial charge in [-0.2, -0.15) is 5.26 Å². The van der Waals surface area contributed by atoms with Crippen molar-refractivity contribution in [1.82, 2.24) is 5.32 Å². The lowest BCUT2D eigenvalue weighted by atomic mass is 10.1. The van der Waals surface area contributed by atoms with E-state index >= 15 is 0 Å². The predicted octanol–water partition coefficient (Wildman–Crippen LogP) is 2.83. The summed E-state index contributed by atoms with van der Waals surface area (Å²) in [4.78, 5) is 23.7. The number of nitrogens with zero attached hydrogens (tertiary/aromatic N) is 1. The summed E-state index contributed by atoms with van der Waals surface area (Å²) in [6, 6.07) is 15.4. The van der Waals surface area contributed by atoms with Gasteiger partial charge in [0.25, 0.3) is 0 Å². The van der Waals surface area contributed by atoms with Crippen molar-refractivity contribution in [1.29, 1.82) is 5.26 Å². The van der Waals surface area contributed by atoms with E-state index in [4.69, 9.17) is 31.7 Å². The SMILES string of the molecule is CC(=O)c1ccc(NC(=O)O[C@@H]2CO[C@H]3[C@@H]2OC[C@@H]3NC(=S)Nc2cccc(C#N)c2)cc1. The van der Waals surface area contributed by atoms with Crippen LogP contribution in [0.1, 0.15) is 22.8 Å². The second-order valence-corrected chi connectivity index (χ2v) is 8.10. The number of Topliss-reactive ketones (excluding diaryl/α,β-unsaturated/α-hetero) is 1. The molecule has 0 saturated carbocycles. The van der Waals surface area contributed by atoms with Crippen LogP contribution in [0.2, 0.25) is 0 Å². The highest BCUT2D eigenvalue weighted by Crippen LogP contribution is 2.29. The normalized spacial score (nSPS) is 23.2. The number of thiocarbonyl (C=S) groups is 1. The first-order chi connectivity index (χ1) is 15.9. The van der Waals surface area contributed by atoms with Crippen molar-refractivity contribution in [3.8, 4) is 6.07 Å². The molecule has 4 rings (SSSR count). The number of anilines is 2. The molecule has 2 aliphatic heterocycles. The van der Waals surface area contributed by atoms with Crippen LogP contribution in [0.3, 0.4) is 0 Å². The standard InChI is InChI=1S/C23H22N4O5S/c1-13(28)15-5-7-16(8-6-15)26-23(29)32-19-12-31-20-18(11-30-21(19)20)27-22(33)25-17-4-2-3-14(9-17)10-24/h2-9,18-21H,11-12H2,1H3,(H,26,29)(H2,25,27,33)/t18-,19+,20+,21+/m0/s1. The molecule has 2 aromatic rings. The van der Waals surface area contributed by atoms with Gasteiger partial charge >= 0.3 is 6.09 Å². The first-order valence-electron chi connectivity index (χ1n) is 10.3. The summed E-state index contributed by atoms with van der Waals surface area (Å²) in [7, 11) is 0. The third-order valence-electron chi connectivity index (χ3n) is 5.37. The molecular weight excluding hydrogens is 444 g/mol. The minimum atomic E-state index is -0.630. The van der Waals surface area contributed by atoms with E-state index in [1.165, 1.54) is 6.92 Å². The van der Waals surface area contributed by atoms with Gasteiger partial charge in [-0.3, -0.25) is 10.1 Å². The number of carbonyl (C=O) groups excluding carboxylic acids is 2. The Hall–Kier alpha value is -3.52. The monoisotopic (exact) mass is 466 g/mol. The summed E-state index contributed by atoms with van der Waals surface area (Å²) < 4.78 is 17.2. The van der Waals surface area contributed by atoms with Crippen LogP contribution in [0, 0.1) is 11.3 Å². The number of hydrogen-bond donors (Lipinski definition) is 3. The van der Waals surface area contributed by atoms with Crippen molar-refractivity contribution >= 4 is 40.6 Å². The number of rotatable bonds is 5. The van der Waals surface area contributed by atoms with E-state index in [9.17, 15) is 9.59 Å². The molecule has 2 fully saturated rings. The maximum Gasteiger partial charge on any atom is 0.412 e. The Labute approximate surface area is 196 Å². The highest BCUT2D eigenvalue weighted by atomic mass is 32.1. The lowest BCUT2D eigenvalue weighted by Crippen LogP contribution is -2.46. The fraction of sp³-hybridized carbons (Fsp3) is 0.304. The summed E-state index contributed by atoms with van der Waals surface area (Å²) in [5, 5.41) is 18.2. The molecule has 10 heteroatoms. The van der Waals surface area contributed by atoms with E-state index in [-0.39, 0.29) is 24.5 Å². The van der Waals surface area contributed by atoms with Gasteiger partial charge in [-0.15, -0.1) is 0 Å². The summed E-state index contributed by atoms with van der Waals surface area (Å²) in [5.74, 6) is -0.0508. The molecule has 0 unspecified atom stereocenters. The number of hydrogen-bond acceptors (Lipinski definition) is 7. The maximum absolute atomic E-state index is 12.3. The Kier molecular flexibility index (Phi) is 6.84. The van der Waals surface area contributed by atoms with Gasteiger partial charge in [0.1, 0.15) is 12.2 Å². The summed E-state index contributed by atoms with van der Waals surface area (Å²) >= 11 is 5.38. The fourth-order valence-corrected chi connectivity index (χ4v) is 4.03. The Morgan fingerprint density at radius 3 is 2.55 bits per heavy atom. The summed E-state index contributed by atoms with van der Waals surface area (Å²) in [5.41, 5.74) is 2.30. The van der Waals surface area contributed by atoms with E-state index in [2.05, 4.69) is 22.0 Å². The van der Waals surface area contributed by atoms with Crippen molar-refractivity contribution < 1.29 is 23.8 Å². The fourth-order valence-electron chi connectivity index (χ4n) is 3.76. The van der Waals surface area contributed by atoms with E-state index < -0.39 is 18.3 Å². The number of ether oxygens (including phenoxy) is 3. The molecule has 2 heterocycles. The number of nitriles is 1. The van der Waals surface area contributed by atoms with Crippen molar-refractivity contribution in [2.75, 3.05) is 23.8 Å². The Morgan fingerprint density at radius 2 is 1.82 bits per heavy atom. The number of ketones is 1. The zero-order valence-electron chi connectivity index (χ0n) is 17.7. The number of benzene rings is 2. The van der Waals surface area contributed by atoms with Crippen LogP contribution in [-0.4, -0.2) is 54.6 Å². The molecular formula is C23H22N4O5S. The van der Waals surface area contributed by atoms with Crippen LogP contribution >= 0.6 is 12.2 Å². The first kappa shape index (κ1) is 22.7. The molecule has 4 atom stereocenters. The van der Waals surface area contributed by atoms with Crippen molar-refractivity contribution in [3.63, 3.8) is 0 Å². The molecule has 3 N–H and O–H groups in total. The minimum Gasteiger partial charge on any atom is -0.441 e. The maximum atomic E-state index is 12.3. The zero-order valence-corrected chi connectivity index (χ0v) is 18.6. The molecule has 0 aliphatic carbocycles. The summed E-state index contributed by atoms with van der Waals surface area (Å²) in [6.07, 6.45) is -1.94. The van der Waals surface area contributed by atoms with Crippen LogP contribution in [-0.2, 0) is 14.2 Å². The van der Waals surface area contributed by atoms with Gasteiger partial charge in [0.2, 0.25) is 0 Å². The molecule has 2 aromatic carbocycles. The second kappa shape index (κ2) is 9.95. The second-order valence-electron chi connectivity index (χ2n) is 7.70. The minimum absolute atomic E-state index is 0.0508. The van der Waals surface area contributed by atoms with Crippen LogP contribution in [0.15, 0.2) is 48.5 Å². The molecule has 0 aromatic heterocycles.